The van der Waals surface area contributed by atoms with E-state index in [0.717, 1.165) is 6.54 Å². The van der Waals surface area contributed by atoms with E-state index in [1.807, 2.05) is 25.2 Å². The number of aryl methyl sites for hydroxylation is 1. The van der Waals surface area contributed by atoms with Crippen molar-refractivity contribution in [1.29, 1.82) is 0 Å². The van der Waals surface area contributed by atoms with E-state index >= 15 is 0 Å². The Morgan fingerprint density at radius 3 is 3.05 bits per heavy atom. The number of halogens is 1. The monoisotopic (exact) mass is 344 g/mol. The van der Waals surface area contributed by atoms with Crippen LogP contribution in [-0.2, 0) is 11.2 Å². The minimum Gasteiger partial charge on any atom is -0.355 e. The Morgan fingerprint density at radius 2 is 2.32 bits per heavy atom. The second-order valence-corrected chi connectivity index (χ2v) is 7.79. The number of thiophene rings is 1. The molecule has 5 heteroatoms. The molecule has 19 heavy (non-hydrogen) atoms. The highest BCUT2D eigenvalue weighted by Crippen LogP contribution is 2.37. The van der Waals surface area contributed by atoms with Crippen molar-refractivity contribution in [2.45, 2.75) is 39.2 Å². The van der Waals surface area contributed by atoms with Crippen molar-refractivity contribution < 1.29 is 4.79 Å². The first-order valence-electron chi connectivity index (χ1n) is 6.87. The molecule has 1 unspecified atom stereocenters. The average Bonchev–Trinajstić information content (AvgIpc) is 2.75. The Hall–Kier alpha value is -0.390. The van der Waals surface area contributed by atoms with Crippen LogP contribution in [0.15, 0.2) is 9.85 Å². The van der Waals surface area contributed by atoms with E-state index in [2.05, 4.69) is 32.6 Å². The summed E-state index contributed by atoms with van der Waals surface area (Å²) in [5.41, 5.74) is 1.44. The molecular formula is C14H21BrN2OS. The van der Waals surface area contributed by atoms with Gasteiger partial charge in [-0.2, -0.15) is 0 Å². The Bertz CT molecular complexity index is 445. The summed E-state index contributed by atoms with van der Waals surface area (Å²) in [4.78, 5) is 13.0. The van der Waals surface area contributed by atoms with E-state index in [4.69, 9.17) is 0 Å². The molecule has 0 saturated carbocycles. The van der Waals surface area contributed by atoms with Gasteiger partial charge in [0, 0.05) is 29.9 Å². The molecule has 2 N–H and O–H groups in total. The quantitative estimate of drug-likeness (QED) is 0.805. The van der Waals surface area contributed by atoms with Crippen LogP contribution in [0.5, 0.6) is 0 Å². The van der Waals surface area contributed by atoms with E-state index in [9.17, 15) is 4.79 Å². The number of rotatable bonds is 5. The van der Waals surface area contributed by atoms with Gasteiger partial charge in [-0.05, 0) is 46.8 Å². The molecule has 1 aromatic heterocycles. The number of hydrogen-bond acceptors (Lipinski definition) is 3. The molecule has 0 saturated heterocycles. The van der Waals surface area contributed by atoms with Crippen molar-refractivity contribution in [3.63, 3.8) is 0 Å². The molecule has 0 radical (unpaired) electrons. The van der Waals surface area contributed by atoms with Crippen molar-refractivity contribution in [2.75, 3.05) is 13.1 Å². The van der Waals surface area contributed by atoms with Crippen molar-refractivity contribution in [3.8, 4) is 0 Å². The van der Waals surface area contributed by atoms with E-state index in [0.29, 0.717) is 12.6 Å². The van der Waals surface area contributed by atoms with Crippen LogP contribution in [0.4, 0.5) is 0 Å². The number of fused-ring (bicyclic) bond motifs is 1. The van der Waals surface area contributed by atoms with Crippen LogP contribution in [0.3, 0.4) is 0 Å². The number of amides is 1. The first-order chi connectivity index (χ1) is 9.08. The van der Waals surface area contributed by atoms with Crippen molar-refractivity contribution >= 4 is 33.2 Å². The second kappa shape index (κ2) is 6.86. The van der Waals surface area contributed by atoms with Crippen LogP contribution >= 0.6 is 27.3 Å². The molecule has 0 aromatic carbocycles. The number of carbonyl (C=O) groups is 1. The first-order valence-corrected chi connectivity index (χ1v) is 8.48. The molecule has 1 atom stereocenters. The SMILES string of the molecule is CC(C)C(=O)NCCNC1CCCc2sc(Br)cc21. The highest BCUT2D eigenvalue weighted by Gasteiger charge is 2.21. The molecule has 0 spiro atoms. The van der Waals surface area contributed by atoms with Gasteiger partial charge >= 0.3 is 0 Å². The molecule has 3 nitrogen and oxygen atoms in total. The van der Waals surface area contributed by atoms with Gasteiger partial charge in [0.15, 0.2) is 0 Å². The van der Waals surface area contributed by atoms with E-state index in [1.165, 1.54) is 33.5 Å². The third-order valence-corrected chi connectivity index (χ3v) is 5.14. The molecule has 1 aromatic rings. The lowest BCUT2D eigenvalue weighted by molar-refractivity contribution is -0.123. The lowest BCUT2D eigenvalue weighted by atomic mass is 9.94. The summed E-state index contributed by atoms with van der Waals surface area (Å²) in [5.74, 6) is 0.193. The fraction of sp³-hybridized carbons (Fsp3) is 0.643. The smallest absolute Gasteiger partial charge is 0.222 e. The molecule has 0 bridgehead atoms. The van der Waals surface area contributed by atoms with Crippen molar-refractivity contribution in [2.24, 2.45) is 5.92 Å². The van der Waals surface area contributed by atoms with Gasteiger partial charge in [-0.25, -0.2) is 0 Å². The maximum Gasteiger partial charge on any atom is 0.222 e. The van der Waals surface area contributed by atoms with Gasteiger partial charge in [0.1, 0.15) is 0 Å². The fourth-order valence-electron chi connectivity index (χ4n) is 2.37. The van der Waals surface area contributed by atoms with Crippen LogP contribution in [0.2, 0.25) is 0 Å². The molecule has 1 aliphatic rings. The third kappa shape index (κ3) is 4.04. The zero-order valence-corrected chi connectivity index (χ0v) is 13.9. The fourth-order valence-corrected chi connectivity index (χ4v) is 4.19. The highest BCUT2D eigenvalue weighted by atomic mass is 79.9. The average molecular weight is 345 g/mol. The summed E-state index contributed by atoms with van der Waals surface area (Å²) in [6, 6.07) is 2.69. The van der Waals surface area contributed by atoms with Crippen LogP contribution in [0.1, 0.15) is 43.2 Å². The summed E-state index contributed by atoms with van der Waals surface area (Å²) in [6.07, 6.45) is 3.64. The molecule has 1 amide bonds. The maximum atomic E-state index is 11.5. The molecule has 2 rings (SSSR count). The summed E-state index contributed by atoms with van der Waals surface area (Å²) in [6.45, 7) is 5.36. The largest absolute Gasteiger partial charge is 0.355 e. The third-order valence-electron chi connectivity index (χ3n) is 3.42. The number of nitrogens with one attached hydrogen (secondary N) is 2. The lowest BCUT2D eigenvalue weighted by Gasteiger charge is -2.23. The summed E-state index contributed by atoms with van der Waals surface area (Å²) in [7, 11) is 0. The Labute approximate surface area is 127 Å². The predicted octanol–water partition coefficient (Wildman–Crippen LogP) is 3.25. The van der Waals surface area contributed by atoms with E-state index < -0.39 is 0 Å². The van der Waals surface area contributed by atoms with Crippen molar-refractivity contribution in [1.82, 2.24) is 10.6 Å². The topological polar surface area (TPSA) is 41.1 Å². The zero-order valence-electron chi connectivity index (χ0n) is 11.5. The van der Waals surface area contributed by atoms with Gasteiger partial charge in [0.2, 0.25) is 5.91 Å². The van der Waals surface area contributed by atoms with E-state index in [1.54, 1.807) is 0 Å². The summed E-state index contributed by atoms with van der Waals surface area (Å²) >= 11 is 5.42. The second-order valence-electron chi connectivity index (χ2n) is 5.27. The predicted molar refractivity (Wildman–Crippen MR) is 83.5 cm³/mol. The van der Waals surface area contributed by atoms with Gasteiger partial charge in [-0.3, -0.25) is 4.79 Å². The number of carbonyl (C=O) groups excluding carboxylic acids is 1. The van der Waals surface area contributed by atoms with Crippen LogP contribution in [0.25, 0.3) is 0 Å². The number of hydrogen-bond donors (Lipinski definition) is 2. The normalized spacial score (nSPS) is 18.4. The Morgan fingerprint density at radius 1 is 1.53 bits per heavy atom. The van der Waals surface area contributed by atoms with Gasteiger partial charge in [-0.1, -0.05) is 13.8 Å². The molecular weight excluding hydrogens is 324 g/mol. The first kappa shape index (κ1) is 15.0. The van der Waals surface area contributed by atoms with E-state index in [-0.39, 0.29) is 11.8 Å². The van der Waals surface area contributed by atoms with Crippen LogP contribution < -0.4 is 10.6 Å². The van der Waals surface area contributed by atoms with Crippen LogP contribution in [-0.4, -0.2) is 19.0 Å². The maximum absolute atomic E-state index is 11.5. The van der Waals surface area contributed by atoms with Gasteiger partial charge in [-0.15, -0.1) is 11.3 Å². The molecule has 1 aliphatic carbocycles. The van der Waals surface area contributed by atoms with Crippen LogP contribution in [0, 0.1) is 5.92 Å². The minimum atomic E-state index is 0.0640. The summed E-state index contributed by atoms with van der Waals surface area (Å²) < 4.78 is 1.22. The molecule has 1 heterocycles. The van der Waals surface area contributed by atoms with Gasteiger partial charge in [0.05, 0.1) is 3.79 Å². The van der Waals surface area contributed by atoms with Gasteiger partial charge in [0.25, 0.3) is 0 Å². The van der Waals surface area contributed by atoms with Crippen molar-refractivity contribution in [3.05, 3.63) is 20.3 Å². The lowest BCUT2D eigenvalue weighted by Crippen LogP contribution is -2.36. The minimum absolute atomic E-state index is 0.0640. The Balaban J connectivity index is 1.80. The highest BCUT2D eigenvalue weighted by molar-refractivity contribution is 9.11. The molecule has 0 fully saturated rings. The standard InChI is InChI=1S/C14H21BrN2OS/c1-9(2)14(18)17-7-6-16-11-4-3-5-12-10(11)8-13(15)19-12/h8-9,11,16H,3-7H2,1-2H3,(H,17,18). The summed E-state index contributed by atoms with van der Waals surface area (Å²) in [5, 5.41) is 6.50. The molecule has 0 aliphatic heterocycles. The zero-order chi connectivity index (χ0) is 13.8. The Kier molecular flexibility index (Phi) is 5.42. The van der Waals surface area contributed by atoms with Gasteiger partial charge < -0.3 is 10.6 Å². The molecule has 106 valence electrons.